The number of nitrogens with zero attached hydrogens (tertiary/aromatic N) is 3. The van der Waals surface area contributed by atoms with Crippen molar-refractivity contribution in [2.75, 3.05) is 38.0 Å². The van der Waals surface area contributed by atoms with Crippen LogP contribution in [0.1, 0.15) is 0 Å². The first kappa shape index (κ1) is 11.7. The molecule has 0 saturated carbocycles. The van der Waals surface area contributed by atoms with E-state index in [1.54, 1.807) is 4.90 Å². The van der Waals surface area contributed by atoms with Gasteiger partial charge in [0.2, 0.25) is 11.9 Å². The maximum Gasteiger partial charge on any atom is 0.242 e. The summed E-state index contributed by atoms with van der Waals surface area (Å²) in [7, 11) is 0. The Morgan fingerprint density at radius 3 is 2.71 bits per heavy atom. The van der Waals surface area contributed by atoms with Gasteiger partial charge in [-0.15, -0.1) is 0 Å². The minimum atomic E-state index is -0.496. The lowest BCUT2D eigenvalue weighted by Crippen LogP contribution is -2.48. The molecule has 0 atom stereocenters. The molecule has 1 aliphatic rings. The van der Waals surface area contributed by atoms with Crippen LogP contribution >= 0.6 is 0 Å². The predicted molar refractivity (Wildman–Crippen MR) is 59.9 cm³/mol. The highest BCUT2D eigenvalue weighted by Gasteiger charge is 2.15. The van der Waals surface area contributed by atoms with Gasteiger partial charge in [-0.2, -0.15) is 0 Å². The van der Waals surface area contributed by atoms with E-state index in [1.165, 1.54) is 0 Å². The average molecular weight is 239 g/mol. The molecule has 2 rings (SSSR count). The molecule has 2 N–H and O–H groups in total. The fourth-order valence-electron chi connectivity index (χ4n) is 1.58. The minimum absolute atomic E-state index is 0.000532. The van der Waals surface area contributed by atoms with E-state index < -0.39 is 5.82 Å². The van der Waals surface area contributed by atoms with Gasteiger partial charge in [-0.25, -0.2) is 14.4 Å². The van der Waals surface area contributed by atoms with Crippen molar-refractivity contribution < 1.29 is 9.18 Å². The fourth-order valence-corrected chi connectivity index (χ4v) is 1.58. The van der Waals surface area contributed by atoms with Crippen molar-refractivity contribution in [3.05, 3.63) is 18.2 Å². The summed E-state index contributed by atoms with van der Waals surface area (Å²) in [6, 6.07) is 0. The predicted octanol–water partition coefficient (Wildman–Crippen LogP) is -0.541. The number of amides is 1. The summed E-state index contributed by atoms with van der Waals surface area (Å²) in [6.07, 6.45) is 2.12. The maximum atomic E-state index is 12.5. The van der Waals surface area contributed by atoms with Crippen LogP contribution in [0.5, 0.6) is 0 Å². The zero-order valence-electron chi connectivity index (χ0n) is 9.32. The molecule has 0 aliphatic carbocycles. The van der Waals surface area contributed by atoms with Gasteiger partial charge in [-0.3, -0.25) is 4.79 Å². The van der Waals surface area contributed by atoms with Gasteiger partial charge in [-0.1, -0.05) is 0 Å². The number of halogens is 1. The number of rotatable bonds is 3. The molecule has 6 nitrogen and oxygen atoms in total. The number of carbonyl (C=O) groups is 1. The van der Waals surface area contributed by atoms with Crippen molar-refractivity contribution in [3.8, 4) is 0 Å². The molecule has 7 heteroatoms. The highest BCUT2D eigenvalue weighted by molar-refractivity contribution is 5.80. The summed E-state index contributed by atoms with van der Waals surface area (Å²) in [6.45, 7) is 3.19. The van der Waals surface area contributed by atoms with Crippen molar-refractivity contribution in [1.29, 1.82) is 0 Å². The van der Waals surface area contributed by atoms with Crippen LogP contribution in [0.2, 0.25) is 0 Å². The van der Waals surface area contributed by atoms with Gasteiger partial charge < -0.3 is 15.5 Å². The Morgan fingerprint density at radius 1 is 1.41 bits per heavy atom. The van der Waals surface area contributed by atoms with E-state index in [4.69, 9.17) is 0 Å². The van der Waals surface area contributed by atoms with Gasteiger partial charge in [-0.05, 0) is 0 Å². The van der Waals surface area contributed by atoms with E-state index in [0.29, 0.717) is 13.1 Å². The van der Waals surface area contributed by atoms with Crippen molar-refractivity contribution in [2.45, 2.75) is 0 Å². The Labute approximate surface area is 98.2 Å². The number of hydrogen-bond donors (Lipinski definition) is 2. The van der Waals surface area contributed by atoms with E-state index >= 15 is 0 Å². The quantitative estimate of drug-likeness (QED) is 0.741. The van der Waals surface area contributed by atoms with Crippen molar-refractivity contribution in [2.24, 2.45) is 0 Å². The van der Waals surface area contributed by atoms with Gasteiger partial charge in [0.15, 0.2) is 5.82 Å². The van der Waals surface area contributed by atoms with Crippen LogP contribution in [0.25, 0.3) is 0 Å². The number of piperazine rings is 1. The third kappa shape index (κ3) is 3.35. The number of nitrogens with one attached hydrogen (secondary N) is 2. The fraction of sp³-hybridized carbons (Fsp3) is 0.500. The molecule has 0 aromatic carbocycles. The van der Waals surface area contributed by atoms with Crippen LogP contribution in [-0.2, 0) is 4.79 Å². The Kier molecular flexibility index (Phi) is 3.81. The Morgan fingerprint density at radius 2 is 2.06 bits per heavy atom. The molecule has 0 bridgehead atoms. The molecule has 1 saturated heterocycles. The molecule has 1 amide bonds. The standard InChI is InChI=1S/C10H14FN5O/c11-8-5-13-10(14-6-8)15-7-9(17)16-3-1-12-2-4-16/h5-6,12H,1-4,7H2,(H,13,14,15). The third-order valence-electron chi connectivity index (χ3n) is 2.49. The first-order chi connectivity index (χ1) is 8.25. The third-order valence-corrected chi connectivity index (χ3v) is 2.49. The van der Waals surface area contributed by atoms with Gasteiger partial charge in [0.1, 0.15) is 0 Å². The second-order valence-electron chi connectivity index (χ2n) is 3.71. The SMILES string of the molecule is O=C(CNc1ncc(F)cn1)N1CCNCC1. The van der Waals surface area contributed by atoms with Gasteiger partial charge >= 0.3 is 0 Å². The highest BCUT2D eigenvalue weighted by atomic mass is 19.1. The summed E-state index contributed by atoms with van der Waals surface area (Å²) < 4.78 is 12.5. The van der Waals surface area contributed by atoms with Gasteiger partial charge in [0.05, 0.1) is 18.9 Å². The van der Waals surface area contributed by atoms with E-state index in [9.17, 15) is 9.18 Å². The minimum Gasteiger partial charge on any atom is -0.345 e. The molecule has 0 unspecified atom stereocenters. The van der Waals surface area contributed by atoms with Gasteiger partial charge in [0, 0.05) is 26.2 Å². The summed E-state index contributed by atoms with van der Waals surface area (Å²) in [5.41, 5.74) is 0. The van der Waals surface area contributed by atoms with E-state index in [0.717, 1.165) is 25.5 Å². The summed E-state index contributed by atoms with van der Waals surface area (Å²) in [4.78, 5) is 20.9. The summed E-state index contributed by atoms with van der Waals surface area (Å²) >= 11 is 0. The molecule has 0 radical (unpaired) electrons. The lowest BCUT2D eigenvalue weighted by molar-refractivity contribution is -0.129. The van der Waals surface area contributed by atoms with E-state index in [2.05, 4.69) is 20.6 Å². The number of aromatic nitrogens is 2. The smallest absolute Gasteiger partial charge is 0.242 e. The molecular formula is C10H14FN5O. The molecule has 1 aromatic heterocycles. The van der Waals surface area contributed by atoms with Crippen molar-refractivity contribution in [1.82, 2.24) is 20.2 Å². The molecule has 1 aliphatic heterocycles. The van der Waals surface area contributed by atoms with Gasteiger partial charge in [0.25, 0.3) is 0 Å². The van der Waals surface area contributed by atoms with E-state index in [-0.39, 0.29) is 18.4 Å². The van der Waals surface area contributed by atoms with Crippen LogP contribution in [0.3, 0.4) is 0 Å². The molecular weight excluding hydrogens is 225 g/mol. The number of hydrogen-bond acceptors (Lipinski definition) is 5. The Balaban J connectivity index is 1.81. The van der Waals surface area contributed by atoms with Crippen LogP contribution in [0, 0.1) is 5.82 Å². The number of anilines is 1. The largest absolute Gasteiger partial charge is 0.345 e. The van der Waals surface area contributed by atoms with Crippen LogP contribution in [-0.4, -0.2) is 53.5 Å². The normalized spacial score (nSPS) is 15.7. The monoisotopic (exact) mass is 239 g/mol. The second kappa shape index (κ2) is 5.53. The zero-order valence-corrected chi connectivity index (χ0v) is 9.32. The van der Waals surface area contributed by atoms with Crippen LogP contribution < -0.4 is 10.6 Å². The van der Waals surface area contributed by atoms with Crippen LogP contribution in [0.15, 0.2) is 12.4 Å². The Bertz CT molecular complexity index is 377. The molecule has 1 aromatic rings. The lowest BCUT2D eigenvalue weighted by atomic mass is 10.3. The maximum absolute atomic E-state index is 12.5. The second-order valence-corrected chi connectivity index (χ2v) is 3.71. The van der Waals surface area contributed by atoms with E-state index in [1.807, 2.05) is 0 Å². The molecule has 17 heavy (non-hydrogen) atoms. The summed E-state index contributed by atoms with van der Waals surface area (Å²) in [5.74, 6) is -0.238. The van der Waals surface area contributed by atoms with Crippen LogP contribution in [0.4, 0.5) is 10.3 Å². The first-order valence-corrected chi connectivity index (χ1v) is 5.45. The van der Waals surface area contributed by atoms with Crippen molar-refractivity contribution in [3.63, 3.8) is 0 Å². The number of carbonyl (C=O) groups excluding carboxylic acids is 1. The molecule has 92 valence electrons. The Hall–Kier alpha value is -1.76. The summed E-state index contributed by atoms with van der Waals surface area (Å²) in [5, 5.41) is 5.94. The van der Waals surface area contributed by atoms with Crippen molar-refractivity contribution >= 4 is 11.9 Å². The first-order valence-electron chi connectivity index (χ1n) is 5.45. The lowest BCUT2D eigenvalue weighted by Gasteiger charge is -2.27. The molecule has 2 heterocycles. The molecule has 1 fully saturated rings. The average Bonchev–Trinajstić information content (AvgIpc) is 2.39. The zero-order chi connectivity index (χ0) is 12.1. The topological polar surface area (TPSA) is 70.2 Å². The molecule has 0 spiro atoms. The highest BCUT2D eigenvalue weighted by Crippen LogP contribution is 1.99.